The van der Waals surface area contributed by atoms with Gasteiger partial charge in [0.2, 0.25) is 0 Å². The standard InChI is InChI=1S/C19H42NO4P.CH4/c1-5-6-7-8-9-10-11-12-13-14-15-16-18-23-25(21,22)24-19-17-20(2,3)4;/h5-19H2,1-4H3;1H4. The average Bonchev–Trinajstić information content (AvgIpc) is 2.50. The Balaban J connectivity index is 0. The fourth-order valence-electron chi connectivity index (χ4n) is 2.58. The molecule has 0 bridgehead atoms. The Morgan fingerprint density at radius 2 is 1.12 bits per heavy atom. The summed E-state index contributed by atoms with van der Waals surface area (Å²) in [6, 6.07) is 0. The second-order valence-corrected chi connectivity index (χ2v) is 9.43. The van der Waals surface area contributed by atoms with Crippen molar-refractivity contribution in [2.24, 2.45) is 0 Å². The second kappa shape index (κ2) is 17.2. The van der Waals surface area contributed by atoms with Crippen LogP contribution in [0.25, 0.3) is 0 Å². The SMILES string of the molecule is C.CCCCCCCCCCCCCCOP(=O)([O-])OCC[N+](C)(C)C. The number of phosphoric ester groups is 1. The van der Waals surface area contributed by atoms with E-state index in [9.17, 15) is 9.46 Å². The van der Waals surface area contributed by atoms with Crippen LogP contribution in [0.15, 0.2) is 0 Å². The number of hydrogen-bond acceptors (Lipinski definition) is 4. The molecule has 0 radical (unpaired) electrons. The van der Waals surface area contributed by atoms with Crippen molar-refractivity contribution in [3.8, 4) is 0 Å². The van der Waals surface area contributed by atoms with Crippen molar-refractivity contribution in [1.29, 1.82) is 0 Å². The van der Waals surface area contributed by atoms with E-state index in [1.165, 1.54) is 57.8 Å². The third-order valence-electron chi connectivity index (χ3n) is 4.26. The van der Waals surface area contributed by atoms with Crippen LogP contribution in [0.2, 0.25) is 0 Å². The molecule has 0 saturated carbocycles. The van der Waals surface area contributed by atoms with Gasteiger partial charge in [0.25, 0.3) is 7.82 Å². The van der Waals surface area contributed by atoms with Gasteiger partial charge < -0.3 is 18.4 Å². The fourth-order valence-corrected chi connectivity index (χ4v) is 3.32. The lowest BCUT2D eigenvalue weighted by molar-refractivity contribution is -0.870. The molecule has 160 valence electrons. The maximum Gasteiger partial charge on any atom is 0.268 e. The smallest absolute Gasteiger partial charge is 0.268 e. The molecule has 1 atom stereocenters. The summed E-state index contributed by atoms with van der Waals surface area (Å²) in [6.07, 6.45) is 15.0. The first-order chi connectivity index (χ1) is 11.8. The molecule has 5 nitrogen and oxygen atoms in total. The van der Waals surface area contributed by atoms with Crippen molar-refractivity contribution < 1.29 is 23.0 Å². The van der Waals surface area contributed by atoms with Gasteiger partial charge in [0.1, 0.15) is 13.2 Å². The first-order valence-corrected chi connectivity index (χ1v) is 11.6. The van der Waals surface area contributed by atoms with Crippen LogP contribution >= 0.6 is 7.82 Å². The molecule has 0 aromatic heterocycles. The highest BCUT2D eigenvalue weighted by atomic mass is 31.2. The van der Waals surface area contributed by atoms with Gasteiger partial charge in [0.05, 0.1) is 27.7 Å². The van der Waals surface area contributed by atoms with E-state index in [2.05, 4.69) is 6.92 Å². The van der Waals surface area contributed by atoms with Crippen LogP contribution in [-0.2, 0) is 13.6 Å². The quantitative estimate of drug-likeness (QED) is 0.174. The summed E-state index contributed by atoms with van der Waals surface area (Å²) >= 11 is 0. The zero-order valence-corrected chi connectivity index (χ0v) is 18.0. The molecular weight excluding hydrogens is 349 g/mol. The number of quaternary nitrogens is 1. The van der Waals surface area contributed by atoms with E-state index in [-0.39, 0.29) is 20.6 Å². The normalized spacial score (nSPS) is 14.0. The number of nitrogens with zero attached hydrogens (tertiary/aromatic N) is 1. The Labute approximate surface area is 163 Å². The van der Waals surface area contributed by atoms with E-state index in [0.717, 1.165) is 19.3 Å². The fraction of sp³-hybridized carbons (Fsp3) is 1.00. The minimum Gasteiger partial charge on any atom is -0.756 e. The lowest BCUT2D eigenvalue weighted by Crippen LogP contribution is -2.37. The van der Waals surface area contributed by atoms with E-state index in [4.69, 9.17) is 9.05 Å². The van der Waals surface area contributed by atoms with Gasteiger partial charge in [-0.3, -0.25) is 4.57 Å². The zero-order valence-electron chi connectivity index (χ0n) is 17.1. The Hall–Kier alpha value is 0.0700. The van der Waals surface area contributed by atoms with Crippen molar-refractivity contribution >= 4 is 7.82 Å². The highest BCUT2D eigenvalue weighted by Crippen LogP contribution is 2.38. The van der Waals surface area contributed by atoms with E-state index in [0.29, 0.717) is 11.0 Å². The molecule has 0 aliphatic rings. The summed E-state index contributed by atoms with van der Waals surface area (Å²) in [4.78, 5) is 11.6. The lowest BCUT2D eigenvalue weighted by atomic mass is 10.1. The Morgan fingerprint density at radius 3 is 1.54 bits per heavy atom. The van der Waals surface area contributed by atoms with E-state index < -0.39 is 7.82 Å². The molecule has 0 aromatic rings. The molecule has 0 fully saturated rings. The van der Waals surface area contributed by atoms with Crippen LogP contribution in [0.5, 0.6) is 0 Å². The second-order valence-electron chi connectivity index (χ2n) is 8.02. The molecule has 0 aliphatic heterocycles. The van der Waals surface area contributed by atoms with Gasteiger partial charge in [-0.2, -0.15) is 0 Å². The molecule has 1 unspecified atom stereocenters. The number of unbranched alkanes of at least 4 members (excludes halogenated alkanes) is 11. The highest BCUT2D eigenvalue weighted by Gasteiger charge is 2.12. The van der Waals surface area contributed by atoms with Gasteiger partial charge in [0, 0.05) is 0 Å². The molecule has 0 aromatic carbocycles. The molecular formula is C20H46NO4P. The first-order valence-electron chi connectivity index (χ1n) is 10.2. The number of likely N-dealkylation sites (N-methyl/N-ethyl adjacent to an activating group) is 1. The Kier molecular flexibility index (Phi) is 18.7. The maximum absolute atomic E-state index is 11.6. The number of phosphoric acid groups is 1. The molecule has 0 saturated heterocycles. The minimum atomic E-state index is -4.12. The van der Waals surface area contributed by atoms with Gasteiger partial charge in [-0.25, -0.2) is 0 Å². The van der Waals surface area contributed by atoms with Crippen molar-refractivity contribution in [1.82, 2.24) is 0 Å². The van der Waals surface area contributed by atoms with Crippen LogP contribution in [0.4, 0.5) is 0 Å². The predicted octanol–water partition coefficient (Wildman–Crippen LogP) is 5.53. The van der Waals surface area contributed by atoms with Crippen molar-refractivity contribution in [3.05, 3.63) is 0 Å². The molecule has 0 spiro atoms. The summed E-state index contributed by atoms with van der Waals surface area (Å²) in [6.45, 7) is 3.29. The summed E-state index contributed by atoms with van der Waals surface area (Å²) in [5.74, 6) is 0. The van der Waals surface area contributed by atoms with Crippen molar-refractivity contribution in [2.75, 3.05) is 40.9 Å². The van der Waals surface area contributed by atoms with Gasteiger partial charge in [0.15, 0.2) is 0 Å². The van der Waals surface area contributed by atoms with Crippen LogP contribution < -0.4 is 4.89 Å². The highest BCUT2D eigenvalue weighted by molar-refractivity contribution is 7.45. The van der Waals surface area contributed by atoms with Crippen LogP contribution in [0, 0.1) is 0 Å². The lowest BCUT2D eigenvalue weighted by Gasteiger charge is -2.27. The van der Waals surface area contributed by atoms with E-state index in [1.54, 1.807) is 0 Å². The molecule has 0 N–H and O–H groups in total. The Morgan fingerprint density at radius 1 is 0.731 bits per heavy atom. The maximum atomic E-state index is 11.6. The summed E-state index contributed by atoms with van der Waals surface area (Å²) in [5.41, 5.74) is 0. The van der Waals surface area contributed by atoms with Crippen LogP contribution in [0.1, 0.15) is 91.4 Å². The van der Waals surface area contributed by atoms with Gasteiger partial charge in [-0.15, -0.1) is 0 Å². The summed E-state index contributed by atoms with van der Waals surface area (Å²) < 4.78 is 22.0. The first kappa shape index (κ1) is 28.3. The largest absolute Gasteiger partial charge is 0.756 e. The number of hydrogen-bond donors (Lipinski definition) is 0. The summed E-state index contributed by atoms with van der Waals surface area (Å²) in [7, 11) is 1.86. The van der Waals surface area contributed by atoms with Crippen LogP contribution in [-0.4, -0.2) is 45.4 Å². The minimum absolute atomic E-state index is 0. The molecule has 0 aliphatic carbocycles. The van der Waals surface area contributed by atoms with Gasteiger partial charge >= 0.3 is 0 Å². The number of rotatable bonds is 18. The van der Waals surface area contributed by atoms with E-state index >= 15 is 0 Å². The topological polar surface area (TPSA) is 58.6 Å². The van der Waals surface area contributed by atoms with Gasteiger partial charge in [-0.05, 0) is 6.42 Å². The molecule has 0 heterocycles. The van der Waals surface area contributed by atoms with Crippen molar-refractivity contribution in [3.63, 3.8) is 0 Å². The monoisotopic (exact) mass is 395 g/mol. The van der Waals surface area contributed by atoms with Crippen molar-refractivity contribution in [2.45, 2.75) is 91.4 Å². The van der Waals surface area contributed by atoms with Gasteiger partial charge in [-0.1, -0.05) is 85.0 Å². The molecule has 0 rings (SSSR count). The third-order valence-corrected chi connectivity index (χ3v) is 5.26. The zero-order chi connectivity index (χ0) is 19.0. The van der Waals surface area contributed by atoms with Crippen LogP contribution in [0.3, 0.4) is 0 Å². The molecule has 0 amide bonds. The molecule has 6 heteroatoms. The Bertz CT molecular complexity index is 345. The summed E-state index contributed by atoms with van der Waals surface area (Å²) in [5, 5.41) is 0. The van der Waals surface area contributed by atoms with E-state index in [1.807, 2.05) is 21.1 Å². The predicted molar refractivity (Wildman–Crippen MR) is 110 cm³/mol. The molecule has 26 heavy (non-hydrogen) atoms. The average molecular weight is 396 g/mol. The third kappa shape index (κ3) is 22.1.